The van der Waals surface area contributed by atoms with Crippen LogP contribution in [0.1, 0.15) is 154 Å². The Bertz CT molecular complexity index is 3480. The number of amides is 6. The highest BCUT2D eigenvalue weighted by atomic mass is 32.2. The molecule has 0 fully saturated rings. The normalized spacial score (nSPS) is 13.7. The molecule has 0 unspecified atom stereocenters. The van der Waals surface area contributed by atoms with Gasteiger partial charge in [0.2, 0.25) is 35.4 Å². The Morgan fingerprint density at radius 1 is 0.404 bits per heavy atom. The molecule has 99 heavy (non-hydrogen) atoms. The number of thioether (sulfide) groups is 1. The van der Waals surface area contributed by atoms with E-state index in [0.29, 0.717) is 16.7 Å². The zero-order chi connectivity index (χ0) is 72.7. The standard InChI is InChI=1S/C77H95N7O14S/c1-50(2)46-61(72(94)95)82-68(90)58(42-44-64(86)96-73(3,4)5)80-71(93)62(49-99-77(54-36-24-15-25-37-54,55-38-26-16-27-39-55)56-40-28-17-29-41-56)83-69(91)59(43-45-65(87)97-74(6,7)8)79-70(92)60(48-66(88)98-75(9,10)11)81-67(89)57(78)47-63(85)84-76(51-30-18-12-19-31-51,52-32-20-13-21-33-52)53-34-22-14-23-35-53/h12-41,50,57-62H,42-49,78H2,1-11H3,(H,79,92)(H,80,93)(H,81,89)(H,82,90)(H,83,91)(H,84,85)(H,94,95)/t57-,58-,59-,60-,61-,62-/m0/s1. The monoisotopic (exact) mass is 1370 g/mol. The predicted molar refractivity (Wildman–Crippen MR) is 379 cm³/mol. The molecule has 0 bridgehead atoms. The highest BCUT2D eigenvalue weighted by Gasteiger charge is 2.42. The second kappa shape index (κ2) is 35.7. The summed E-state index contributed by atoms with van der Waals surface area (Å²) in [5, 5.41) is 26.6. The Hall–Kier alpha value is -9.67. The molecule has 6 aromatic carbocycles. The number of carbonyl (C=O) groups excluding carboxylic acids is 9. The fourth-order valence-electron chi connectivity index (χ4n) is 11.2. The molecule has 0 aliphatic rings. The van der Waals surface area contributed by atoms with E-state index in [1.54, 1.807) is 76.2 Å². The zero-order valence-corrected chi connectivity index (χ0v) is 59.1. The molecule has 0 aromatic heterocycles. The van der Waals surface area contributed by atoms with Gasteiger partial charge in [-0.3, -0.25) is 43.2 Å². The minimum Gasteiger partial charge on any atom is -0.480 e. The number of benzene rings is 6. The summed E-state index contributed by atoms with van der Waals surface area (Å²) in [5.41, 5.74) is 6.60. The van der Waals surface area contributed by atoms with Crippen molar-refractivity contribution in [1.29, 1.82) is 0 Å². The fraction of sp³-hybridized carbons (Fsp3) is 0.403. The Kier molecular flexibility index (Phi) is 28.3. The van der Waals surface area contributed by atoms with Crippen molar-refractivity contribution in [2.45, 2.75) is 184 Å². The summed E-state index contributed by atoms with van der Waals surface area (Å²) < 4.78 is 15.7. The molecule has 22 heteroatoms. The van der Waals surface area contributed by atoms with Crippen molar-refractivity contribution < 1.29 is 67.3 Å². The van der Waals surface area contributed by atoms with E-state index in [9.17, 15) is 38.7 Å². The van der Waals surface area contributed by atoms with E-state index < -0.39 is 155 Å². The lowest BCUT2D eigenvalue weighted by atomic mass is 9.77. The molecule has 21 nitrogen and oxygen atoms in total. The van der Waals surface area contributed by atoms with Gasteiger partial charge in [0, 0.05) is 18.6 Å². The van der Waals surface area contributed by atoms with Crippen molar-refractivity contribution in [2.24, 2.45) is 11.7 Å². The first-order valence-electron chi connectivity index (χ1n) is 33.1. The van der Waals surface area contributed by atoms with Crippen molar-refractivity contribution in [3.8, 4) is 0 Å². The molecule has 0 spiro atoms. The number of carboxylic acid groups (broad SMARTS) is 1. The Labute approximate surface area is 584 Å². The average Bonchev–Trinajstić information content (AvgIpc) is 0.763. The average molecular weight is 1370 g/mol. The van der Waals surface area contributed by atoms with Gasteiger partial charge in [-0.15, -0.1) is 11.8 Å². The van der Waals surface area contributed by atoms with Crippen LogP contribution in [0.2, 0.25) is 0 Å². The van der Waals surface area contributed by atoms with Gasteiger partial charge in [0.25, 0.3) is 0 Å². The number of esters is 3. The lowest BCUT2D eigenvalue weighted by Crippen LogP contribution is -2.60. The zero-order valence-electron chi connectivity index (χ0n) is 58.3. The van der Waals surface area contributed by atoms with Gasteiger partial charge in [0.1, 0.15) is 52.6 Å². The quantitative estimate of drug-likeness (QED) is 0.0108. The highest BCUT2D eigenvalue weighted by Crippen LogP contribution is 2.49. The van der Waals surface area contributed by atoms with Crippen molar-refractivity contribution in [1.82, 2.24) is 31.9 Å². The van der Waals surface area contributed by atoms with Gasteiger partial charge in [-0.05, 0) is 121 Å². The molecule has 6 amide bonds. The maximum Gasteiger partial charge on any atom is 0.326 e. The van der Waals surface area contributed by atoms with E-state index in [1.807, 2.05) is 182 Å². The van der Waals surface area contributed by atoms with Gasteiger partial charge in [-0.25, -0.2) is 4.79 Å². The number of rotatable bonds is 33. The molecular weight excluding hydrogens is 1280 g/mol. The maximum atomic E-state index is 15.5. The minimum atomic E-state index is -1.86. The summed E-state index contributed by atoms with van der Waals surface area (Å²) >= 11 is 1.24. The lowest BCUT2D eigenvalue weighted by Gasteiger charge is -2.37. The largest absolute Gasteiger partial charge is 0.480 e. The van der Waals surface area contributed by atoms with Crippen LogP contribution in [-0.4, -0.2) is 123 Å². The van der Waals surface area contributed by atoms with Crippen LogP contribution in [-0.2, 0) is 72.4 Å². The lowest BCUT2D eigenvalue weighted by molar-refractivity contribution is -0.157. The summed E-state index contributed by atoms with van der Waals surface area (Å²) in [4.78, 5) is 143. The van der Waals surface area contributed by atoms with Crippen LogP contribution in [0.15, 0.2) is 182 Å². The second-order valence-corrected chi connectivity index (χ2v) is 28.8. The fourth-order valence-corrected chi connectivity index (χ4v) is 12.7. The number of carbonyl (C=O) groups is 10. The summed E-state index contributed by atoms with van der Waals surface area (Å²) in [6.45, 7) is 18.2. The SMILES string of the molecule is CC(C)C[C@H](NC(=O)[C@H](CCC(=O)OC(C)(C)C)NC(=O)[C@H](CSC(c1ccccc1)(c1ccccc1)c1ccccc1)NC(=O)[C@H](CCC(=O)OC(C)(C)C)NC(=O)[C@H](CC(=O)OC(C)(C)C)NC(=O)[C@@H](N)CC(=O)NC(c1ccccc1)(c1ccccc1)c1ccccc1)C(=O)O. The molecule has 0 aliphatic heterocycles. The van der Waals surface area contributed by atoms with E-state index in [4.69, 9.17) is 19.9 Å². The Morgan fingerprint density at radius 2 is 0.707 bits per heavy atom. The van der Waals surface area contributed by atoms with Crippen LogP contribution in [0.25, 0.3) is 0 Å². The third kappa shape index (κ3) is 23.8. The third-order valence-corrected chi connectivity index (χ3v) is 17.1. The van der Waals surface area contributed by atoms with E-state index >= 15 is 14.4 Å². The first-order valence-corrected chi connectivity index (χ1v) is 34.1. The number of carboxylic acids is 1. The number of ether oxygens (including phenoxy) is 3. The minimum absolute atomic E-state index is 0.00644. The summed E-state index contributed by atoms with van der Waals surface area (Å²) in [6.07, 6.45) is -3.27. The van der Waals surface area contributed by atoms with Crippen molar-refractivity contribution in [3.63, 3.8) is 0 Å². The molecule has 0 heterocycles. The van der Waals surface area contributed by atoms with Gasteiger partial charge < -0.3 is 57.0 Å². The second-order valence-electron chi connectivity index (χ2n) is 27.6. The maximum absolute atomic E-state index is 15.5. The molecule has 6 rings (SSSR count). The highest BCUT2D eigenvalue weighted by molar-refractivity contribution is 8.00. The van der Waals surface area contributed by atoms with Gasteiger partial charge >= 0.3 is 23.9 Å². The summed E-state index contributed by atoms with van der Waals surface area (Å²) in [7, 11) is 0. The van der Waals surface area contributed by atoms with E-state index in [0.717, 1.165) is 16.7 Å². The van der Waals surface area contributed by atoms with E-state index in [-0.39, 0.29) is 24.5 Å². The first-order chi connectivity index (χ1) is 46.7. The van der Waals surface area contributed by atoms with Gasteiger partial charge in [0.15, 0.2) is 0 Å². The van der Waals surface area contributed by atoms with Gasteiger partial charge in [-0.2, -0.15) is 0 Å². The number of hydrogen-bond donors (Lipinski definition) is 8. The Balaban J connectivity index is 1.41. The molecule has 0 radical (unpaired) electrons. The number of hydrogen-bond acceptors (Lipinski definition) is 15. The molecule has 9 N–H and O–H groups in total. The number of aliphatic carboxylic acids is 1. The van der Waals surface area contributed by atoms with Crippen LogP contribution in [0.3, 0.4) is 0 Å². The topological polar surface area (TPSA) is 317 Å². The van der Waals surface area contributed by atoms with Crippen molar-refractivity contribution >= 4 is 71.1 Å². The molecule has 0 saturated carbocycles. The van der Waals surface area contributed by atoms with Crippen molar-refractivity contribution in [3.05, 3.63) is 215 Å². The first kappa shape index (κ1) is 78.3. The summed E-state index contributed by atoms with van der Waals surface area (Å²) in [5.74, 6) is -10.2. The molecule has 6 aromatic rings. The van der Waals surface area contributed by atoms with E-state index in [2.05, 4.69) is 31.9 Å². The van der Waals surface area contributed by atoms with Crippen LogP contribution < -0.4 is 37.6 Å². The van der Waals surface area contributed by atoms with Crippen LogP contribution in [0.4, 0.5) is 0 Å². The molecule has 0 saturated heterocycles. The number of nitrogens with one attached hydrogen (secondary N) is 6. The molecule has 0 aliphatic carbocycles. The van der Waals surface area contributed by atoms with Crippen molar-refractivity contribution in [2.75, 3.05) is 5.75 Å². The molecule has 6 atom stereocenters. The Morgan fingerprint density at radius 3 is 1.05 bits per heavy atom. The van der Waals surface area contributed by atoms with Crippen LogP contribution >= 0.6 is 11.8 Å². The molecular formula is C77H95N7O14S. The third-order valence-electron chi connectivity index (χ3n) is 15.5. The van der Waals surface area contributed by atoms with E-state index in [1.165, 1.54) is 11.8 Å². The van der Waals surface area contributed by atoms with Gasteiger partial charge in [0.05, 0.1) is 23.6 Å². The summed E-state index contributed by atoms with van der Waals surface area (Å²) in [6, 6.07) is 45.9. The van der Waals surface area contributed by atoms with Gasteiger partial charge in [-0.1, -0.05) is 196 Å². The number of nitrogens with two attached hydrogens (primary N) is 1. The molecule has 528 valence electrons. The van der Waals surface area contributed by atoms with Crippen LogP contribution in [0.5, 0.6) is 0 Å². The predicted octanol–water partition coefficient (Wildman–Crippen LogP) is 9.07. The van der Waals surface area contributed by atoms with Crippen LogP contribution in [0, 0.1) is 5.92 Å². The smallest absolute Gasteiger partial charge is 0.326 e.